The van der Waals surface area contributed by atoms with Crippen LogP contribution in [0.3, 0.4) is 0 Å². The van der Waals surface area contributed by atoms with Gasteiger partial charge in [0.2, 0.25) is 5.91 Å². The Morgan fingerprint density at radius 1 is 1.39 bits per heavy atom. The third-order valence-corrected chi connectivity index (χ3v) is 3.62. The number of benzene rings is 1. The first-order valence-electron chi connectivity index (χ1n) is 5.71. The van der Waals surface area contributed by atoms with Gasteiger partial charge in [0.05, 0.1) is 6.42 Å². The Morgan fingerprint density at radius 3 is 2.89 bits per heavy atom. The predicted molar refractivity (Wildman–Crippen MR) is 72.7 cm³/mol. The molecular weight excluding hydrogens is 246 g/mol. The van der Waals surface area contributed by atoms with Gasteiger partial charge in [0, 0.05) is 6.54 Å². The first kappa shape index (κ1) is 12.6. The van der Waals surface area contributed by atoms with Gasteiger partial charge in [-0.25, -0.2) is 0 Å². The van der Waals surface area contributed by atoms with Crippen LogP contribution < -0.4 is 5.32 Å². The van der Waals surface area contributed by atoms with Gasteiger partial charge in [-0.05, 0) is 46.5 Å². The zero-order chi connectivity index (χ0) is 13.0. The minimum absolute atomic E-state index is 0.0359. The summed E-state index contributed by atoms with van der Waals surface area (Å²) in [6.07, 6.45) is 0.289. The van der Waals surface area contributed by atoms with E-state index in [1.807, 2.05) is 18.4 Å². The number of phenolic OH excluding ortho intramolecular Hbond substituents is 1. The summed E-state index contributed by atoms with van der Waals surface area (Å²) in [4.78, 5) is 11.7. The molecule has 0 unspecified atom stereocenters. The van der Waals surface area contributed by atoms with Crippen LogP contribution in [-0.2, 0) is 17.8 Å². The number of phenols is 1. The van der Waals surface area contributed by atoms with Crippen LogP contribution >= 0.6 is 11.3 Å². The van der Waals surface area contributed by atoms with Crippen molar-refractivity contribution in [3.8, 4) is 5.75 Å². The van der Waals surface area contributed by atoms with E-state index in [9.17, 15) is 9.90 Å². The van der Waals surface area contributed by atoms with Crippen molar-refractivity contribution in [3.05, 3.63) is 51.7 Å². The van der Waals surface area contributed by atoms with Gasteiger partial charge >= 0.3 is 0 Å². The SMILES string of the molecule is Cc1cscc1CNC(=O)Cc1cccc(O)c1. The number of aryl methyl sites for hydroxylation is 1. The lowest BCUT2D eigenvalue weighted by molar-refractivity contribution is -0.120. The molecule has 1 aromatic carbocycles. The molecule has 0 fully saturated rings. The summed E-state index contributed by atoms with van der Waals surface area (Å²) in [6, 6.07) is 6.77. The lowest BCUT2D eigenvalue weighted by atomic mass is 10.1. The average molecular weight is 261 g/mol. The van der Waals surface area contributed by atoms with E-state index in [1.54, 1.807) is 29.5 Å². The van der Waals surface area contributed by atoms with E-state index in [0.717, 1.165) is 11.1 Å². The maximum absolute atomic E-state index is 11.7. The summed E-state index contributed by atoms with van der Waals surface area (Å²) >= 11 is 1.64. The second kappa shape index (κ2) is 5.69. The lowest BCUT2D eigenvalue weighted by Gasteiger charge is -2.05. The number of nitrogens with one attached hydrogen (secondary N) is 1. The summed E-state index contributed by atoms with van der Waals surface area (Å²) in [5.41, 5.74) is 3.18. The van der Waals surface area contributed by atoms with E-state index in [1.165, 1.54) is 5.56 Å². The third kappa shape index (κ3) is 3.34. The van der Waals surface area contributed by atoms with Crippen LogP contribution in [0.2, 0.25) is 0 Å². The molecule has 2 N–H and O–H groups in total. The van der Waals surface area contributed by atoms with Crippen LogP contribution in [0, 0.1) is 6.92 Å². The Labute approximate surface area is 110 Å². The molecule has 0 spiro atoms. The van der Waals surface area contributed by atoms with Crippen molar-refractivity contribution in [1.82, 2.24) is 5.32 Å². The van der Waals surface area contributed by atoms with Gasteiger partial charge in [-0.15, -0.1) is 0 Å². The molecule has 0 atom stereocenters. The first-order chi connectivity index (χ1) is 8.65. The van der Waals surface area contributed by atoms with Crippen molar-refractivity contribution in [2.24, 2.45) is 0 Å². The number of hydrogen-bond donors (Lipinski definition) is 2. The van der Waals surface area contributed by atoms with Crippen molar-refractivity contribution < 1.29 is 9.90 Å². The molecule has 1 amide bonds. The van der Waals surface area contributed by atoms with Crippen molar-refractivity contribution in [3.63, 3.8) is 0 Å². The van der Waals surface area contributed by atoms with Crippen molar-refractivity contribution in [2.75, 3.05) is 0 Å². The average Bonchev–Trinajstić information content (AvgIpc) is 2.72. The highest BCUT2D eigenvalue weighted by Crippen LogP contribution is 2.14. The standard InChI is InChI=1S/C14H15NO2S/c1-10-8-18-9-12(10)7-15-14(17)6-11-3-2-4-13(16)5-11/h2-5,8-9,16H,6-7H2,1H3,(H,15,17). The van der Waals surface area contributed by atoms with Crippen LogP contribution in [0.5, 0.6) is 5.75 Å². The van der Waals surface area contributed by atoms with E-state index in [4.69, 9.17) is 0 Å². The molecule has 1 aromatic heterocycles. The molecule has 0 saturated heterocycles. The molecule has 1 heterocycles. The minimum atomic E-state index is -0.0359. The molecular formula is C14H15NO2S. The Balaban J connectivity index is 1.88. The highest BCUT2D eigenvalue weighted by atomic mass is 32.1. The van der Waals surface area contributed by atoms with Crippen LogP contribution in [-0.4, -0.2) is 11.0 Å². The number of hydrogen-bond acceptors (Lipinski definition) is 3. The summed E-state index contributed by atoms with van der Waals surface area (Å²) in [5.74, 6) is 0.153. The van der Waals surface area contributed by atoms with Gasteiger partial charge in [0.25, 0.3) is 0 Å². The molecule has 4 heteroatoms. The predicted octanol–water partition coefficient (Wildman–Crippen LogP) is 2.62. The number of thiophene rings is 1. The lowest BCUT2D eigenvalue weighted by Crippen LogP contribution is -2.24. The van der Waals surface area contributed by atoms with Gasteiger partial charge in [-0.1, -0.05) is 12.1 Å². The highest BCUT2D eigenvalue weighted by Gasteiger charge is 2.05. The maximum atomic E-state index is 11.7. The number of rotatable bonds is 4. The van der Waals surface area contributed by atoms with E-state index in [0.29, 0.717) is 6.54 Å². The van der Waals surface area contributed by atoms with E-state index in [-0.39, 0.29) is 18.1 Å². The van der Waals surface area contributed by atoms with Crippen molar-refractivity contribution >= 4 is 17.2 Å². The molecule has 0 bridgehead atoms. The Kier molecular flexibility index (Phi) is 3.99. The summed E-state index contributed by atoms with van der Waals surface area (Å²) in [6.45, 7) is 2.60. The number of aromatic hydroxyl groups is 1. The molecule has 2 rings (SSSR count). The molecule has 0 aliphatic heterocycles. The Morgan fingerprint density at radius 2 is 2.22 bits per heavy atom. The second-order valence-electron chi connectivity index (χ2n) is 4.20. The molecule has 18 heavy (non-hydrogen) atoms. The van der Waals surface area contributed by atoms with Gasteiger partial charge in [-0.2, -0.15) is 11.3 Å². The van der Waals surface area contributed by atoms with Crippen LogP contribution in [0.25, 0.3) is 0 Å². The van der Waals surface area contributed by atoms with Gasteiger partial charge in [0.15, 0.2) is 0 Å². The molecule has 0 aliphatic rings. The monoisotopic (exact) mass is 261 g/mol. The Bertz CT molecular complexity index is 548. The highest BCUT2D eigenvalue weighted by molar-refractivity contribution is 7.08. The molecule has 0 aliphatic carbocycles. The van der Waals surface area contributed by atoms with Crippen LogP contribution in [0.15, 0.2) is 35.0 Å². The summed E-state index contributed by atoms with van der Waals surface area (Å²) < 4.78 is 0. The van der Waals surface area contributed by atoms with Crippen LogP contribution in [0.1, 0.15) is 16.7 Å². The van der Waals surface area contributed by atoms with Gasteiger partial charge < -0.3 is 10.4 Å². The molecule has 3 nitrogen and oxygen atoms in total. The molecule has 0 saturated carbocycles. The van der Waals surface area contributed by atoms with Gasteiger partial charge in [-0.3, -0.25) is 4.79 Å². The van der Waals surface area contributed by atoms with Gasteiger partial charge in [0.1, 0.15) is 5.75 Å². The zero-order valence-corrected chi connectivity index (χ0v) is 11.0. The molecule has 0 radical (unpaired) electrons. The quantitative estimate of drug-likeness (QED) is 0.889. The maximum Gasteiger partial charge on any atom is 0.224 e. The fourth-order valence-corrected chi connectivity index (χ4v) is 2.53. The number of carbonyl (C=O) groups excluding carboxylic acids is 1. The number of amides is 1. The first-order valence-corrected chi connectivity index (χ1v) is 6.65. The summed E-state index contributed by atoms with van der Waals surface area (Å²) in [7, 11) is 0. The smallest absolute Gasteiger partial charge is 0.224 e. The third-order valence-electron chi connectivity index (χ3n) is 2.71. The van der Waals surface area contributed by atoms with E-state index >= 15 is 0 Å². The fourth-order valence-electron chi connectivity index (χ4n) is 1.68. The Hall–Kier alpha value is -1.81. The largest absolute Gasteiger partial charge is 0.508 e. The number of carbonyl (C=O) groups is 1. The van der Waals surface area contributed by atoms with E-state index < -0.39 is 0 Å². The fraction of sp³-hybridized carbons (Fsp3) is 0.214. The van der Waals surface area contributed by atoms with E-state index in [2.05, 4.69) is 10.7 Å². The minimum Gasteiger partial charge on any atom is -0.508 e. The second-order valence-corrected chi connectivity index (χ2v) is 4.95. The van der Waals surface area contributed by atoms with Crippen molar-refractivity contribution in [1.29, 1.82) is 0 Å². The summed E-state index contributed by atoms with van der Waals surface area (Å²) in [5, 5.41) is 16.3. The molecule has 2 aromatic rings. The van der Waals surface area contributed by atoms with Crippen molar-refractivity contribution in [2.45, 2.75) is 19.9 Å². The topological polar surface area (TPSA) is 49.3 Å². The molecule has 94 valence electrons. The normalized spacial score (nSPS) is 10.3. The van der Waals surface area contributed by atoms with Crippen LogP contribution in [0.4, 0.5) is 0 Å². The zero-order valence-electron chi connectivity index (χ0n) is 10.1.